The highest BCUT2D eigenvalue weighted by Gasteiger charge is 2.45. The van der Waals surface area contributed by atoms with Gasteiger partial charge in [0.2, 0.25) is 6.29 Å². The lowest BCUT2D eigenvalue weighted by Crippen LogP contribution is -2.31. The van der Waals surface area contributed by atoms with Gasteiger partial charge in [0.15, 0.2) is 5.79 Å². The predicted octanol–water partition coefficient (Wildman–Crippen LogP) is 0.900. The molecule has 0 unspecified atom stereocenters. The van der Waals surface area contributed by atoms with Gasteiger partial charge in [-0.05, 0) is 19.9 Å². The Morgan fingerprint density at radius 2 is 1.95 bits per heavy atom. The van der Waals surface area contributed by atoms with E-state index in [0.717, 1.165) is 0 Å². The number of benzene rings is 1. The Morgan fingerprint density at radius 3 is 2.55 bits per heavy atom. The SMILES string of the molecule is CNS(=O)(=O)O[C@H]1OC(C)(C)O[C@@H]1c1ccccc1N. The number of ether oxygens (including phenoxy) is 2. The third-order valence-corrected chi connectivity index (χ3v) is 3.78. The van der Waals surface area contributed by atoms with E-state index in [1.807, 2.05) is 0 Å². The minimum atomic E-state index is -3.90. The molecule has 0 saturated carbocycles. The molecule has 0 amide bonds. The van der Waals surface area contributed by atoms with E-state index < -0.39 is 28.5 Å². The van der Waals surface area contributed by atoms with Crippen LogP contribution in [-0.2, 0) is 24.0 Å². The zero-order valence-electron chi connectivity index (χ0n) is 11.5. The lowest BCUT2D eigenvalue weighted by atomic mass is 10.1. The molecule has 1 heterocycles. The number of nitrogens with one attached hydrogen (secondary N) is 1. The average molecular weight is 302 g/mol. The van der Waals surface area contributed by atoms with E-state index in [-0.39, 0.29) is 0 Å². The average Bonchev–Trinajstić information content (AvgIpc) is 2.64. The van der Waals surface area contributed by atoms with Gasteiger partial charge in [0, 0.05) is 18.3 Å². The van der Waals surface area contributed by atoms with Crippen molar-refractivity contribution in [3.05, 3.63) is 29.8 Å². The monoisotopic (exact) mass is 302 g/mol. The van der Waals surface area contributed by atoms with Crippen LogP contribution in [-0.4, -0.2) is 27.5 Å². The fraction of sp³-hybridized carbons (Fsp3) is 0.500. The molecule has 7 nitrogen and oxygen atoms in total. The number of anilines is 1. The molecule has 112 valence electrons. The number of nitrogen functional groups attached to an aromatic ring is 1. The summed E-state index contributed by atoms with van der Waals surface area (Å²) in [5.41, 5.74) is 6.99. The molecule has 1 aliphatic heterocycles. The minimum absolute atomic E-state index is 0.481. The Balaban J connectivity index is 2.32. The molecule has 20 heavy (non-hydrogen) atoms. The van der Waals surface area contributed by atoms with Crippen molar-refractivity contribution in [3.63, 3.8) is 0 Å². The minimum Gasteiger partial charge on any atom is -0.398 e. The molecule has 0 radical (unpaired) electrons. The van der Waals surface area contributed by atoms with Gasteiger partial charge in [-0.1, -0.05) is 18.2 Å². The molecule has 1 saturated heterocycles. The van der Waals surface area contributed by atoms with E-state index in [1.165, 1.54) is 7.05 Å². The summed E-state index contributed by atoms with van der Waals surface area (Å²) in [7, 11) is -2.65. The topological polar surface area (TPSA) is 99.9 Å². The Kier molecular flexibility index (Phi) is 4.03. The molecule has 1 aliphatic rings. The second-order valence-electron chi connectivity index (χ2n) is 4.81. The van der Waals surface area contributed by atoms with Gasteiger partial charge >= 0.3 is 10.3 Å². The maximum atomic E-state index is 11.5. The molecule has 1 aromatic rings. The molecule has 0 bridgehead atoms. The fourth-order valence-corrected chi connectivity index (χ4v) is 2.44. The van der Waals surface area contributed by atoms with E-state index in [2.05, 4.69) is 4.72 Å². The third-order valence-electron chi connectivity index (χ3n) is 2.83. The van der Waals surface area contributed by atoms with Crippen molar-refractivity contribution in [3.8, 4) is 0 Å². The first-order valence-electron chi connectivity index (χ1n) is 6.06. The van der Waals surface area contributed by atoms with E-state index >= 15 is 0 Å². The van der Waals surface area contributed by atoms with Crippen molar-refractivity contribution in [1.29, 1.82) is 0 Å². The molecule has 2 atom stereocenters. The maximum absolute atomic E-state index is 11.5. The van der Waals surface area contributed by atoms with E-state index in [4.69, 9.17) is 19.4 Å². The molecule has 0 spiro atoms. The molecule has 3 N–H and O–H groups in total. The van der Waals surface area contributed by atoms with E-state index in [0.29, 0.717) is 11.3 Å². The molecular weight excluding hydrogens is 284 g/mol. The first kappa shape index (κ1) is 15.2. The van der Waals surface area contributed by atoms with E-state index in [9.17, 15) is 8.42 Å². The van der Waals surface area contributed by atoms with Crippen molar-refractivity contribution in [1.82, 2.24) is 4.72 Å². The molecular formula is C12H18N2O5S. The summed E-state index contributed by atoms with van der Waals surface area (Å²) in [6, 6.07) is 7.00. The van der Waals surface area contributed by atoms with Gasteiger partial charge in [-0.15, -0.1) is 0 Å². The summed E-state index contributed by atoms with van der Waals surface area (Å²) in [4.78, 5) is 0. The van der Waals surface area contributed by atoms with Gasteiger partial charge in [-0.25, -0.2) is 4.18 Å². The van der Waals surface area contributed by atoms with Crippen molar-refractivity contribution in [2.75, 3.05) is 12.8 Å². The quantitative estimate of drug-likeness (QED) is 0.802. The molecule has 1 aromatic carbocycles. The predicted molar refractivity (Wildman–Crippen MR) is 72.7 cm³/mol. The second-order valence-corrected chi connectivity index (χ2v) is 6.32. The summed E-state index contributed by atoms with van der Waals surface area (Å²) < 4.78 is 41.3. The van der Waals surface area contributed by atoms with Gasteiger partial charge < -0.3 is 15.2 Å². The number of para-hydroxylation sites is 1. The maximum Gasteiger partial charge on any atom is 0.338 e. The van der Waals surface area contributed by atoms with Crippen LogP contribution in [0.4, 0.5) is 5.69 Å². The van der Waals surface area contributed by atoms with Crippen LogP contribution in [0.25, 0.3) is 0 Å². The Morgan fingerprint density at radius 1 is 1.30 bits per heavy atom. The summed E-state index contributed by atoms with van der Waals surface area (Å²) in [5.74, 6) is -0.971. The zero-order chi connectivity index (χ0) is 15.0. The summed E-state index contributed by atoms with van der Waals surface area (Å²) in [6.45, 7) is 3.35. The van der Waals surface area contributed by atoms with Crippen molar-refractivity contribution in [2.24, 2.45) is 0 Å². The largest absolute Gasteiger partial charge is 0.398 e. The Hall–Kier alpha value is -1.19. The van der Waals surface area contributed by atoms with Crippen LogP contribution in [0.1, 0.15) is 25.5 Å². The fourth-order valence-electron chi connectivity index (χ4n) is 1.95. The Labute approximate surface area is 118 Å². The molecule has 0 aromatic heterocycles. The Bertz CT molecular complexity index is 587. The van der Waals surface area contributed by atoms with Gasteiger partial charge in [0.25, 0.3) is 0 Å². The van der Waals surface area contributed by atoms with Crippen LogP contribution in [0.15, 0.2) is 24.3 Å². The number of rotatable bonds is 4. The van der Waals surface area contributed by atoms with Crippen molar-refractivity contribution in [2.45, 2.75) is 32.0 Å². The highest BCUT2D eigenvalue weighted by atomic mass is 32.2. The summed E-state index contributed by atoms with van der Waals surface area (Å²) in [5, 5.41) is 0. The van der Waals surface area contributed by atoms with Crippen molar-refractivity contribution < 1.29 is 22.1 Å². The summed E-state index contributed by atoms with van der Waals surface area (Å²) >= 11 is 0. The molecule has 1 fully saturated rings. The third kappa shape index (κ3) is 3.28. The van der Waals surface area contributed by atoms with Gasteiger partial charge in [0.1, 0.15) is 6.10 Å². The van der Waals surface area contributed by atoms with Crippen LogP contribution < -0.4 is 10.5 Å². The van der Waals surface area contributed by atoms with Crippen LogP contribution in [0.2, 0.25) is 0 Å². The zero-order valence-corrected chi connectivity index (χ0v) is 12.3. The normalized spacial score (nSPS) is 25.8. The van der Waals surface area contributed by atoms with Crippen LogP contribution in [0.3, 0.4) is 0 Å². The van der Waals surface area contributed by atoms with Crippen LogP contribution in [0.5, 0.6) is 0 Å². The van der Waals surface area contributed by atoms with Gasteiger partial charge in [-0.3, -0.25) is 0 Å². The van der Waals surface area contributed by atoms with Gasteiger partial charge in [0.05, 0.1) is 0 Å². The standard InChI is InChI=1S/C12H18N2O5S/c1-12(2)17-10(8-6-4-5-7-9(8)13)11(18-12)19-20(15,16)14-3/h4-7,10-11,14H,13H2,1-3H3/t10-,11-/m1/s1. The lowest BCUT2D eigenvalue weighted by molar-refractivity contribution is -0.167. The first-order valence-corrected chi connectivity index (χ1v) is 7.47. The van der Waals surface area contributed by atoms with Crippen molar-refractivity contribution >= 4 is 16.0 Å². The number of nitrogens with two attached hydrogens (primary N) is 1. The second kappa shape index (κ2) is 5.30. The number of hydrogen-bond acceptors (Lipinski definition) is 6. The van der Waals surface area contributed by atoms with Gasteiger partial charge in [-0.2, -0.15) is 13.1 Å². The lowest BCUT2D eigenvalue weighted by Gasteiger charge is -2.18. The first-order chi connectivity index (χ1) is 9.24. The summed E-state index contributed by atoms with van der Waals surface area (Å²) in [6.07, 6.45) is -1.83. The van der Waals surface area contributed by atoms with Crippen LogP contribution in [0, 0.1) is 0 Å². The molecule has 8 heteroatoms. The molecule has 0 aliphatic carbocycles. The van der Waals surface area contributed by atoms with Crippen LogP contribution >= 0.6 is 0 Å². The highest BCUT2D eigenvalue weighted by Crippen LogP contribution is 2.40. The molecule has 2 rings (SSSR count). The highest BCUT2D eigenvalue weighted by molar-refractivity contribution is 7.84. The van der Waals surface area contributed by atoms with E-state index in [1.54, 1.807) is 38.1 Å². The smallest absolute Gasteiger partial charge is 0.338 e. The number of hydrogen-bond donors (Lipinski definition) is 2.